The minimum Gasteiger partial charge on any atom is -0.370 e. The molecule has 0 bridgehead atoms. The highest BCUT2D eigenvalue weighted by Gasteiger charge is 2.01. The predicted octanol–water partition coefficient (Wildman–Crippen LogP) is 1.81. The number of amides is 1. The van der Waals surface area contributed by atoms with Gasteiger partial charge in [-0.25, -0.2) is 4.98 Å². The van der Waals surface area contributed by atoms with E-state index in [-0.39, 0.29) is 5.91 Å². The maximum atomic E-state index is 10.5. The van der Waals surface area contributed by atoms with Gasteiger partial charge in [0.2, 0.25) is 5.91 Å². The smallest absolute Gasteiger partial charge is 0.218 e. The predicted molar refractivity (Wildman–Crippen MR) is 56.5 cm³/mol. The standard InChI is InChI=1S/C8H9BrN2OS/c9-6-2-1-4-11-8(6)13-5-3-7(10)12/h1-2,4H,3,5H2,(H2,10,12). The summed E-state index contributed by atoms with van der Waals surface area (Å²) in [5.41, 5.74) is 5.01. The van der Waals surface area contributed by atoms with E-state index in [4.69, 9.17) is 5.73 Å². The van der Waals surface area contributed by atoms with Crippen molar-refractivity contribution in [2.75, 3.05) is 5.75 Å². The number of carbonyl (C=O) groups is 1. The van der Waals surface area contributed by atoms with E-state index in [2.05, 4.69) is 20.9 Å². The summed E-state index contributed by atoms with van der Waals surface area (Å²) in [6.07, 6.45) is 2.10. The van der Waals surface area contributed by atoms with Crippen LogP contribution in [0.15, 0.2) is 27.8 Å². The number of aromatic nitrogens is 1. The van der Waals surface area contributed by atoms with Crippen LogP contribution < -0.4 is 5.73 Å². The average molecular weight is 261 g/mol. The first-order valence-electron chi connectivity index (χ1n) is 3.72. The Hall–Kier alpha value is -0.550. The molecule has 0 aliphatic heterocycles. The third kappa shape index (κ3) is 3.78. The molecule has 0 radical (unpaired) electrons. The van der Waals surface area contributed by atoms with Crippen molar-refractivity contribution in [3.63, 3.8) is 0 Å². The molecule has 3 nitrogen and oxygen atoms in total. The first-order chi connectivity index (χ1) is 6.20. The number of primary amides is 1. The zero-order chi connectivity index (χ0) is 9.68. The summed E-state index contributed by atoms with van der Waals surface area (Å²) in [4.78, 5) is 14.6. The molecule has 70 valence electrons. The first-order valence-corrected chi connectivity index (χ1v) is 5.49. The average Bonchev–Trinajstić information content (AvgIpc) is 2.08. The fourth-order valence-electron chi connectivity index (χ4n) is 0.726. The minimum atomic E-state index is -0.278. The second kappa shape index (κ2) is 5.24. The van der Waals surface area contributed by atoms with Gasteiger partial charge in [-0.15, -0.1) is 11.8 Å². The van der Waals surface area contributed by atoms with E-state index >= 15 is 0 Å². The molecule has 0 saturated carbocycles. The van der Waals surface area contributed by atoms with Crippen LogP contribution in [0.1, 0.15) is 6.42 Å². The first kappa shape index (κ1) is 10.5. The second-order valence-corrected chi connectivity index (χ2v) is 4.29. The molecule has 2 N–H and O–H groups in total. The third-order valence-electron chi connectivity index (χ3n) is 1.31. The van der Waals surface area contributed by atoms with Crippen LogP contribution in [-0.4, -0.2) is 16.6 Å². The number of rotatable bonds is 4. The van der Waals surface area contributed by atoms with Gasteiger partial charge in [-0.1, -0.05) is 0 Å². The van der Waals surface area contributed by atoms with Gasteiger partial charge in [0.15, 0.2) is 0 Å². The minimum absolute atomic E-state index is 0.278. The number of halogens is 1. The van der Waals surface area contributed by atoms with Gasteiger partial charge < -0.3 is 5.73 Å². The molecule has 1 rings (SSSR count). The maximum Gasteiger partial charge on any atom is 0.218 e. The Bertz CT molecular complexity index is 306. The summed E-state index contributed by atoms with van der Waals surface area (Å²) in [6.45, 7) is 0. The molecule has 0 aliphatic carbocycles. The van der Waals surface area contributed by atoms with Crippen molar-refractivity contribution in [2.24, 2.45) is 5.73 Å². The summed E-state index contributed by atoms with van der Waals surface area (Å²) < 4.78 is 0.949. The van der Waals surface area contributed by atoms with Gasteiger partial charge in [-0.3, -0.25) is 4.79 Å². The highest BCUT2D eigenvalue weighted by Crippen LogP contribution is 2.24. The zero-order valence-corrected chi connectivity index (χ0v) is 9.27. The lowest BCUT2D eigenvalue weighted by Crippen LogP contribution is -2.10. The number of hydrogen-bond donors (Lipinski definition) is 1. The molecule has 0 fully saturated rings. The number of nitrogens with two attached hydrogens (primary N) is 1. The van der Waals surface area contributed by atoms with Gasteiger partial charge in [-0.2, -0.15) is 0 Å². The molecule has 13 heavy (non-hydrogen) atoms. The Morgan fingerprint density at radius 1 is 1.69 bits per heavy atom. The van der Waals surface area contributed by atoms with Crippen LogP contribution in [0.3, 0.4) is 0 Å². The van der Waals surface area contributed by atoms with Crippen molar-refractivity contribution in [3.05, 3.63) is 22.8 Å². The van der Waals surface area contributed by atoms with E-state index in [1.807, 2.05) is 12.1 Å². The summed E-state index contributed by atoms with van der Waals surface area (Å²) in [5, 5.41) is 0.892. The highest BCUT2D eigenvalue weighted by molar-refractivity contribution is 9.10. The van der Waals surface area contributed by atoms with Crippen LogP contribution in [0, 0.1) is 0 Å². The van der Waals surface area contributed by atoms with Crippen LogP contribution in [0.5, 0.6) is 0 Å². The number of thioether (sulfide) groups is 1. The van der Waals surface area contributed by atoms with E-state index in [9.17, 15) is 4.79 Å². The van der Waals surface area contributed by atoms with Crippen LogP contribution >= 0.6 is 27.7 Å². The van der Waals surface area contributed by atoms with Gasteiger partial charge >= 0.3 is 0 Å². The number of pyridine rings is 1. The number of nitrogens with zero attached hydrogens (tertiary/aromatic N) is 1. The molecule has 1 heterocycles. The molecule has 0 spiro atoms. The van der Waals surface area contributed by atoms with Crippen molar-refractivity contribution >= 4 is 33.6 Å². The third-order valence-corrected chi connectivity index (χ3v) is 3.22. The summed E-state index contributed by atoms with van der Waals surface area (Å²) in [6, 6.07) is 3.77. The van der Waals surface area contributed by atoms with E-state index in [1.165, 1.54) is 11.8 Å². The molecule has 1 aromatic heterocycles. The zero-order valence-electron chi connectivity index (χ0n) is 6.87. The Morgan fingerprint density at radius 3 is 3.08 bits per heavy atom. The fraction of sp³-hybridized carbons (Fsp3) is 0.250. The Labute approximate surface area is 89.2 Å². The molecule has 0 unspecified atom stereocenters. The van der Waals surface area contributed by atoms with Crippen LogP contribution in [0.25, 0.3) is 0 Å². The van der Waals surface area contributed by atoms with Crippen molar-refractivity contribution in [1.82, 2.24) is 4.98 Å². The summed E-state index contributed by atoms with van der Waals surface area (Å²) in [5.74, 6) is 0.393. The van der Waals surface area contributed by atoms with Crippen molar-refractivity contribution in [2.45, 2.75) is 11.4 Å². The van der Waals surface area contributed by atoms with Crippen LogP contribution in [0.4, 0.5) is 0 Å². The lowest BCUT2D eigenvalue weighted by Gasteiger charge is -2.00. The lowest BCUT2D eigenvalue weighted by molar-refractivity contribution is -0.117. The summed E-state index contributed by atoms with van der Waals surface area (Å²) >= 11 is 4.88. The molecular weight excluding hydrogens is 252 g/mol. The Kier molecular flexibility index (Phi) is 4.24. The summed E-state index contributed by atoms with van der Waals surface area (Å²) in [7, 11) is 0. The number of hydrogen-bond acceptors (Lipinski definition) is 3. The fourth-order valence-corrected chi connectivity index (χ4v) is 2.16. The topological polar surface area (TPSA) is 56.0 Å². The van der Waals surface area contributed by atoms with Crippen LogP contribution in [-0.2, 0) is 4.79 Å². The van der Waals surface area contributed by atoms with Crippen LogP contribution in [0.2, 0.25) is 0 Å². The lowest BCUT2D eigenvalue weighted by atomic mass is 10.5. The van der Waals surface area contributed by atoms with Crippen molar-refractivity contribution in [3.8, 4) is 0 Å². The molecule has 0 aliphatic rings. The molecule has 0 aromatic carbocycles. The number of carbonyl (C=O) groups excluding carboxylic acids is 1. The van der Waals surface area contributed by atoms with E-state index < -0.39 is 0 Å². The SMILES string of the molecule is NC(=O)CCSc1ncccc1Br. The van der Waals surface area contributed by atoms with E-state index in [1.54, 1.807) is 6.20 Å². The van der Waals surface area contributed by atoms with Gasteiger partial charge in [0.25, 0.3) is 0 Å². The van der Waals surface area contributed by atoms with Gasteiger partial charge in [-0.05, 0) is 28.1 Å². The molecule has 0 atom stereocenters. The largest absolute Gasteiger partial charge is 0.370 e. The van der Waals surface area contributed by atoms with Crippen molar-refractivity contribution in [1.29, 1.82) is 0 Å². The maximum absolute atomic E-state index is 10.5. The van der Waals surface area contributed by atoms with Gasteiger partial charge in [0, 0.05) is 22.8 Å². The van der Waals surface area contributed by atoms with Crippen molar-refractivity contribution < 1.29 is 4.79 Å². The van der Waals surface area contributed by atoms with E-state index in [0.717, 1.165) is 9.50 Å². The van der Waals surface area contributed by atoms with Gasteiger partial charge in [0.05, 0.1) is 0 Å². The second-order valence-electron chi connectivity index (χ2n) is 2.36. The molecule has 5 heteroatoms. The Balaban J connectivity index is 2.45. The molecule has 1 aromatic rings. The monoisotopic (exact) mass is 260 g/mol. The molecule has 1 amide bonds. The normalized spacial score (nSPS) is 9.92. The Morgan fingerprint density at radius 2 is 2.46 bits per heavy atom. The van der Waals surface area contributed by atoms with Gasteiger partial charge in [0.1, 0.15) is 5.03 Å². The molecule has 0 saturated heterocycles. The quantitative estimate of drug-likeness (QED) is 0.841. The molecular formula is C8H9BrN2OS. The highest BCUT2D eigenvalue weighted by atomic mass is 79.9. The van der Waals surface area contributed by atoms with E-state index in [0.29, 0.717) is 12.2 Å².